The summed E-state index contributed by atoms with van der Waals surface area (Å²) in [6, 6.07) is 5.42. The molecule has 0 fully saturated rings. The average Bonchev–Trinajstić information content (AvgIpc) is 2.34. The molecule has 96 valence electrons. The van der Waals surface area contributed by atoms with Gasteiger partial charge in [-0.3, -0.25) is 4.79 Å². The third-order valence-corrected chi connectivity index (χ3v) is 2.56. The number of carbonyl (C=O) groups excluding carboxylic acids is 1. The van der Waals surface area contributed by atoms with Crippen molar-refractivity contribution in [3.05, 3.63) is 48.3 Å². The first kappa shape index (κ1) is 14.3. The van der Waals surface area contributed by atoms with E-state index in [0.717, 1.165) is 0 Å². The van der Waals surface area contributed by atoms with Crippen molar-refractivity contribution in [3.63, 3.8) is 0 Å². The molecule has 0 aliphatic rings. The molecule has 0 aliphatic heterocycles. The van der Waals surface area contributed by atoms with Crippen LogP contribution in [0.3, 0.4) is 0 Å². The molecule has 3 nitrogen and oxygen atoms in total. The molecule has 0 unspecified atom stereocenters. The third-order valence-electron chi connectivity index (χ3n) is 2.36. The van der Waals surface area contributed by atoms with Gasteiger partial charge in [0.15, 0.2) is 0 Å². The molecule has 0 saturated carbocycles. The van der Waals surface area contributed by atoms with Crippen LogP contribution in [0.25, 0.3) is 0 Å². The van der Waals surface area contributed by atoms with Crippen LogP contribution in [-0.4, -0.2) is 28.9 Å². The van der Waals surface area contributed by atoms with Crippen LogP contribution in [0.15, 0.2) is 36.9 Å². The van der Waals surface area contributed by atoms with Crippen molar-refractivity contribution < 1.29 is 9.18 Å². The van der Waals surface area contributed by atoms with Crippen molar-refractivity contribution in [2.45, 2.75) is 6.42 Å². The quantitative estimate of drug-likeness (QED) is 0.634. The van der Waals surface area contributed by atoms with Crippen LogP contribution in [0.4, 0.5) is 4.39 Å². The minimum atomic E-state index is -0.370. The van der Waals surface area contributed by atoms with Gasteiger partial charge in [-0.1, -0.05) is 18.3 Å². The van der Waals surface area contributed by atoms with Crippen molar-refractivity contribution in [2.24, 2.45) is 5.73 Å². The lowest BCUT2D eigenvalue weighted by molar-refractivity contribution is 0.0778. The highest BCUT2D eigenvalue weighted by Gasteiger charge is 2.14. The van der Waals surface area contributed by atoms with Gasteiger partial charge < -0.3 is 10.6 Å². The van der Waals surface area contributed by atoms with Gasteiger partial charge in [0.05, 0.1) is 4.99 Å². The lowest BCUT2D eigenvalue weighted by atomic mass is 10.2. The number of benzene rings is 1. The van der Waals surface area contributed by atoms with E-state index in [1.54, 1.807) is 11.0 Å². The van der Waals surface area contributed by atoms with Crippen molar-refractivity contribution in [3.8, 4) is 0 Å². The standard InChI is InChI=1S/C13H15FN2OS/c1-2-8-16(9-7-12(15)18)13(17)10-3-5-11(14)6-4-10/h2-6H,1,7-9H2,(H2,15,18). The molecule has 1 rings (SSSR count). The SMILES string of the molecule is C=CCN(CCC(N)=S)C(=O)c1ccc(F)cc1. The summed E-state index contributed by atoms with van der Waals surface area (Å²) in [5.41, 5.74) is 5.85. The van der Waals surface area contributed by atoms with Crippen LogP contribution >= 0.6 is 12.2 Å². The highest BCUT2D eigenvalue weighted by Crippen LogP contribution is 2.07. The summed E-state index contributed by atoms with van der Waals surface area (Å²) in [6.07, 6.45) is 2.08. The van der Waals surface area contributed by atoms with Crippen LogP contribution < -0.4 is 5.73 Å². The fourth-order valence-electron chi connectivity index (χ4n) is 1.45. The molecule has 0 aromatic heterocycles. The second-order valence-corrected chi connectivity index (χ2v) is 4.29. The van der Waals surface area contributed by atoms with E-state index in [-0.39, 0.29) is 11.7 Å². The Hall–Kier alpha value is -1.75. The number of rotatable bonds is 6. The Balaban J connectivity index is 2.78. The number of hydrogen-bond donors (Lipinski definition) is 1. The minimum Gasteiger partial charge on any atom is -0.393 e. The zero-order valence-corrected chi connectivity index (χ0v) is 10.8. The number of nitrogens with two attached hydrogens (primary N) is 1. The number of nitrogens with zero attached hydrogens (tertiary/aromatic N) is 1. The summed E-state index contributed by atoms with van der Waals surface area (Å²) in [6.45, 7) is 4.43. The van der Waals surface area contributed by atoms with Crippen molar-refractivity contribution >= 4 is 23.1 Å². The van der Waals surface area contributed by atoms with E-state index in [1.807, 2.05) is 0 Å². The van der Waals surface area contributed by atoms with E-state index in [1.165, 1.54) is 24.3 Å². The molecule has 0 radical (unpaired) electrons. The number of amides is 1. The van der Waals surface area contributed by atoms with Gasteiger partial charge in [-0.05, 0) is 24.3 Å². The first-order chi connectivity index (χ1) is 8.54. The molecule has 1 aromatic rings. The zero-order chi connectivity index (χ0) is 13.5. The minimum absolute atomic E-state index is 0.189. The Morgan fingerprint density at radius 2 is 2.06 bits per heavy atom. The molecule has 1 aromatic carbocycles. The lowest BCUT2D eigenvalue weighted by Gasteiger charge is -2.20. The average molecular weight is 266 g/mol. The number of hydrogen-bond acceptors (Lipinski definition) is 2. The van der Waals surface area contributed by atoms with E-state index >= 15 is 0 Å². The van der Waals surface area contributed by atoms with Gasteiger partial charge >= 0.3 is 0 Å². The second kappa shape index (κ2) is 6.86. The maximum absolute atomic E-state index is 12.8. The van der Waals surface area contributed by atoms with E-state index in [9.17, 15) is 9.18 Å². The maximum Gasteiger partial charge on any atom is 0.254 e. The molecule has 2 N–H and O–H groups in total. The maximum atomic E-state index is 12.8. The van der Waals surface area contributed by atoms with E-state index in [2.05, 4.69) is 6.58 Å². The molecular weight excluding hydrogens is 251 g/mol. The van der Waals surface area contributed by atoms with Gasteiger partial charge in [0, 0.05) is 25.1 Å². The highest BCUT2D eigenvalue weighted by molar-refractivity contribution is 7.80. The molecule has 1 amide bonds. The van der Waals surface area contributed by atoms with Crippen LogP contribution in [0.2, 0.25) is 0 Å². The topological polar surface area (TPSA) is 46.3 Å². The zero-order valence-electron chi connectivity index (χ0n) is 9.93. The summed E-state index contributed by atoms with van der Waals surface area (Å²) in [7, 11) is 0. The Morgan fingerprint density at radius 1 is 1.44 bits per heavy atom. The smallest absolute Gasteiger partial charge is 0.254 e. The summed E-state index contributed by atoms with van der Waals surface area (Å²) < 4.78 is 12.8. The summed E-state index contributed by atoms with van der Waals surface area (Å²) in [5, 5.41) is 0. The Bertz CT molecular complexity index is 445. The summed E-state index contributed by atoms with van der Waals surface area (Å²) >= 11 is 4.78. The van der Waals surface area contributed by atoms with Crippen molar-refractivity contribution in [2.75, 3.05) is 13.1 Å². The highest BCUT2D eigenvalue weighted by atomic mass is 32.1. The van der Waals surface area contributed by atoms with Gasteiger partial charge in [0.1, 0.15) is 5.82 Å². The summed E-state index contributed by atoms with van der Waals surface area (Å²) in [4.78, 5) is 14.1. The number of halogens is 1. The van der Waals surface area contributed by atoms with Crippen LogP contribution in [0.1, 0.15) is 16.8 Å². The first-order valence-electron chi connectivity index (χ1n) is 5.48. The predicted octanol–water partition coefficient (Wildman–Crippen LogP) is 2.13. The molecule has 0 heterocycles. The third kappa shape index (κ3) is 4.25. The Labute approximate surface area is 111 Å². The van der Waals surface area contributed by atoms with Crippen LogP contribution in [-0.2, 0) is 0 Å². The normalized spacial score (nSPS) is 9.83. The Kier molecular flexibility index (Phi) is 5.45. The van der Waals surface area contributed by atoms with Crippen molar-refractivity contribution in [1.29, 1.82) is 0 Å². The van der Waals surface area contributed by atoms with E-state index in [4.69, 9.17) is 18.0 Å². The van der Waals surface area contributed by atoms with E-state index in [0.29, 0.717) is 30.1 Å². The van der Waals surface area contributed by atoms with Crippen LogP contribution in [0.5, 0.6) is 0 Å². The number of thiocarbonyl (C=S) groups is 1. The lowest BCUT2D eigenvalue weighted by Crippen LogP contribution is -2.33. The molecule has 18 heavy (non-hydrogen) atoms. The van der Waals surface area contributed by atoms with E-state index < -0.39 is 0 Å². The fourth-order valence-corrected chi connectivity index (χ4v) is 1.54. The predicted molar refractivity (Wildman–Crippen MR) is 73.9 cm³/mol. The molecular formula is C13H15FN2OS. The van der Waals surface area contributed by atoms with Crippen molar-refractivity contribution in [1.82, 2.24) is 4.90 Å². The first-order valence-corrected chi connectivity index (χ1v) is 5.89. The monoisotopic (exact) mass is 266 g/mol. The molecule has 0 spiro atoms. The van der Waals surface area contributed by atoms with Gasteiger partial charge in [-0.15, -0.1) is 6.58 Å². The molecule has 5 heteroatoms. The van der Waals surface area contributed by atoms with Crippen LogP contribution in [0, 0.1) is 5.82 Å². The largest absolute Gasteiger partial charge is 0.393 e. The van der Waals surface area contributed by atoms with Gasteiger partial charge in [0.2, 0.25) is 0 Å². The van der Waals surface area contributed by atoms with Gasteiger partial charge in [0.25, 0.3) is 5.91 Å². The Morgan fingerprint density at radius 3 is 2.56 bits per heavy atom. The molecule has 0 saturated heterocycles. The van der Waals surface area contributed by atoms with Gasteiger partial charge in [-0.25, -0.2) is 4.39 Å². The molecule has 0 aliphatic carbocycles. The fraction of sp³-hybridized carbons (Fsp3) is 0.231. The summed E-state index contributed by atoms with van der Waals surface area (Å²) in [5.74, 6) is -0.559. The molecule has 0 atom stereocenters. The second-order valence-electron chi connectivity index (χ2n) is 3.76. The number of carbonyl (C=O) groups is 1. The van der Waals surface area contributed by atoms with Gasteiger partial charge in [-0.2, -0.15) is 0 Å². The molecule has 0 bridgehead atoms.